The van der Waals surface area contributed by atoms with Crippen LogP contribution >= 0.6 is 0 Å². The molecule has 0 saturated heterocycles. The summed E-state index contributed by atoms with van der Waals surface area (Å²) in [4.78, 5) is 11.6. The zero-order chi connectivity index (χ0) is 16.9. The SMILES string of the molecule is CNC(=O)CNc1cccc(OC)c1S(=O)(=O)c1ccccc1. The molecular formula is C16H18N2O4S. The first kappa shape index (κ1) is 16.8. The second kappa shape index (κ2) is 7.15. The van der Waals surface area contributed by atoms with Crippen LogP contribution in [-0.4, -0.2) is 35.0 Å². The molecule has 7 heteroatoms. The van der Waals surface area contributed by atoms with Gasteiger partial charge in [0.15, 0.2) is 0 Å². The van der Waals surface area contributed by atoms with Crippen molar-refractivity contribution in [3.63, 3.8) is 0 Å². The Morgan fingerprint density at radius 1 is 1.09 bits per heavy atom. The standard InChI is InChI=1S/C16H18N2O4S/c1-17-15(19)11-18-13-9-6-10-14(22-2)16(13)23(20,21)12-7-4-3-5-8-12/h3-10,18H,11H2,1-2H3,(H,17,19). The van der Waals surface area contributed by atoms with E-state index in [1.165, 1.54) is 26.3 Å². The van der Waals surface area contributed by atoms with E-state index < -0.39 is 9.84 Å². The van der Waals surface area contributed by atoms with Crippen molar-refractivity contribution in [1.82, 2.24) is 5.32 Å². The first-order chi connectivity index (χ1) is 11.0. The molecular weight excluding hydrogens is 316 g/mol. The molecule has 0 heterocycles. The zero-order valence-electron chi connectivity index (χ0n) is 12.9. The highest BCUT2D eigenvalue weighted by Crippen LogP contribution is 2.35. The van der Waals surface area contributed by atoms with Gasteiger partial charge in [-0.25, -0.2) is 8.42 Å². The number of methoxy groups -OCH3 is 1. The van der Waals surface area contributed by atoms with Crippen LogP contribution in [-0.2, 0) is 14.6 Å². The molecule has 6 nitrogen and oxygen atoms in total. The van der Waals surface area contributed by atoms with Crippen molar-refractivity contribution in [2.45, 2.75) is 9.79 Å². The van der Waals surface area contributed by atoms with Gasteiger partial charge in [-0.15, -0.1) is 0 Å². The van der Waals surface area contributed by atoms with Crippen molar-refractivity contribution in [3.05, 3.63) is 48.5 Å². The molecule has 2 aromatic carbocycles. The fourth-order valence-corrected chi connectivity index (χ4v) is 3.67. The Morgan fingerprint density at radius 2 is 1.78 bits per heavy atom. The Hall–Kier alpha value is -2.54. The van der Waals surface area contributed by atoms with Crippen LogP contribution in [0.2, 0.25) is 0 Å². The van der Waals surface area contributed by atoms with Gasteiger partial charge in [-0.2, -0.15) is 0 Å². The Labute approximate surface area is 135 Å². The Morgan fingerprint density at radius 3 is 2.39 bits per heavy atom. The summed E-state index contributed by atoms with van der Waals surface area (Å²) in [5, 5.41) is 5.31. The van der Waals surface area contributed by atoms with Crippen molar-refractivity contribution >= 4 is 21.4 Å². The molecule has 0 aliphatic heterocycles. The highest BCUT2D eigenvalue weighted by atomic mass is 32.2. The Balaban J connectivity index is 2.53. The number of hydrogen-bond acceptors (Lipinski definition) is 5. The molecule has 0 saturated carbocycles. The fourth-order valence-electron chi connectivity index (χ4n) is 2.07. The molecule has 2 N–H and O–H groups in total. The van der Waals surface area contributed by atoms with Crippen molar-refractivity contribution in [3.8, 4) is 5.75 Å². The van der Waals surface area contributed by atoms with E-state index in [-0.39, 0.29) is 28.0 Å². The van der Waals surface area contributed by atoms with Crippen LogP contribution in [0.15, 0.2) is 58.3 Å². The maximum Gasteiger partial charge on any atom is 0.239 e. The average Bonchev–Trinajstić information content (AvgIpc) is 2.59. The second-order valence-corrected chi connectivity index (χ2v) is 6.57. The molecule has 1 amide bonds. The number of nitrogens with one attached hydrogen (secondary N) is 2. The Kier molecular flexibility index (Phi) is 5.23. The average molecular weight is 334 g/mol. The van der Waals surface area contributed by atoms with Crippen molar-refractivity contribution in [2.75, 3.05) is 26.0 Å². The van der Waals surface area contributed by atoms with Crippen LogP contribution in [0.5, 0.6) is 5.75 Å². The molecule has 0 unspecified atom stereocenters. The van der Waals surface area contributed by atoms with Crippen molar-refractivity contribution < 1.29 is 17.9 Å². The summed E-state index contributed by atoms with van der Waals surface area (Å²) in [6.45, 7) is -0.0407. The maximum atomic E-state index is 12.9. The fraction of sp³-hybridized carbons (Fsp3) is 0.188. The molecule has 0 atom stereocenters. The minimum atomic E-state index is -3.79. The van der Waals surface area contributed by atoms with Crippen LogP contribution in [0, 0.1) is 0 Å². The smallest absolute Gasteiger partial charge is 0.239 e. The largest absolute Gasteiger partial charge is 0.495 e. The number of rotatable bonds is 6. The summed E-state index contributed by atoms with van der Waals surface area (Å²) >= 11 is 0. The van der Waals surface area contributed by atoms with Gasteiger partial charge in [0.05, 0.1) is 24.2 Å². The van der Waals surface area contributed by atoms with E-state index >= 15 is 0 Å². The third-order valence-electron chi connectivity index (χ3n) is 3.24. The molecule has 0 spiro atoms. The van der Waals surface area contributed by atoms with Gasteiger partial charge in [0.25, 0.3) is 0 Å². The summed E-state index contributed by atoms with van der Waals surface area (Å²) in [5.74, 6) is -0.0355. The van der Waals surface area contributed by atoms with E-state index in [2.05, 4.69) is 10.6 Å². The summed E-state index contributed by atoms with van der Waals surface area (Å²) in [5.41, 5.74) is 0.316. The number of anilines is 1. The zero-order valence-corrected chi connectivity index (χ0v) is 13.7. The number of sulfone groups is 1. The van der Waals surface area contributed by atoms with Crippen molar-refractivity contribution in [2.24, 2.45) is 0 Å². The van der Waals surface area contributed by atoms with Crippen LogP contribution in [0.3, 0.4) is 0 Å². The lowest BCUT2D eigenvalue weighted by Gasteiger charge is -2.15. The van der Waals surface area contributed by atoms with Crippen LogP contribution in [0.25, 0.3) is 0 Å². The lowest BCUT2D eigenvalue weighted by atomic mass is 10.3. The normalized spacial score (nSPS) is 10.9. The van der Waals surface area contributed by atoms with Gasteiger partial charge in [-0.3, -0.25) is 4.79 Å². The Bertz CT molecular complexity index is 789. The number of amides is 1. The predicted molar refractivity (Wildman–Crippen MR) is 87.4 cm³/mol. The first-order valence-electron chi connectivity index (χ1n) is 6.92. The number of hydrogen-bond donors (Lipinski definition) is 2. The summed E-state index contributed by atoms with van der Waals surface area (Å²) in [7, 11) is -0.870. The van der Waals surface area contributed by atoms with Gasteiger partial charge in [-0.1, -0.05) is 24.3 Å². The minimum absolute atomic E-state index is 0.0117. The number of benzene rings is 2. The van der Waals surface area contributed by atoms with Crippen molar-refractivity contribution in [1.29, 1.82) is 0 Å². The van der Waals surface area contributed by atoms with Gasteiger partial charge in [0.1, 0.15) is 10.6 Å². The number of ether oxygens (including phenoxy) is 1. The summed E-state index contributed by atoms with van der Waals surface area (Å²) < 4.78 is 31.1. The van der Waals surface area contributed by atoms with E-state index in [9.17, 15) is 13.2 Å². The lowest BCUT2D eigenvalue weighted by Crippen LogP contribution is -2.26. The quantitative estimate of drug-likeness (QED) is 0.840. The first-order valence-corrected chi connectivity index (χ1v) is 8.40. The summed E-state index contributed by atoms with van der Waals surface area (Å²) in [6, 6.07) is 12.9. The molecule has 2 aromatic rings. The number of likely N-dealkylation sites (N-methyl/N-ethyl adjacent to an activating group) is 1. The van der Waals surface area contributed by atoms with E-state index in [0.29, 0.717) is 5.69 Å². The highest BCUT2D eigenvalue weighted by Gasteiger charge is 2.25. The lowest BCUT2D eigenvalue weighted by molar-refractivity contribution is -0.118. The van der Waals surface area contributed by atoms with Gasteiger partial charge in [-0.05, 0) is 24.3 Å². The topological polar surface area (TPSA) is 84.5 Å². The molecule has 2 rings (SSSR count). The van der Waals surface area contributed by atoms with E-state index in [1.54, 1.807) is 36.4 Å². The van der Waals surface area contributed by atoms with Gasteiger partial charge in [0, 0.05) is 7.05 Å². The maximum absolute atomic E-state index is 12.9. The van der Waals surface area contributed by atoms with E-state index in [4.69, 9.17) is 4.74 Å². The molecule has 0 radical (unpaired) electrons. The number of carbonyl (C=O) groups excluding carboxylic acids is 1. The van der Waals surface area contributed by atoms with Crippen LogP contribution < -0.4 is 15.4 Å². The molecule has 0 aliphatic rings. The van der Waals surface area contributed by atoms with E-state index in [1.807, 2.05) is 0 Å². The molecule has 23 heavy (non-hydrogen) atoms. The van der Waals surface area contributed by atoms with Gasteiger partial charge >= 0.3 is 0 Å². The molecule has 122 valence electrons. The van der Waals surface area contributed by atoms with Gasteiger partial charge in [0.2, 0.25) is 15.7 Å². The number of carbonyl (C=O) groups is 1. The molecule has 0 fully saturated rings. The second-order valence-electron chi connectivity index (χ2n) is 4.68. The van der Waals surface area contributed by atoms with Crippen LogP contribution in [0.4, 0.5) is 5.69 Å². The van der Waals surface area contributed by atoms with E-state index in [0.717, 1.165) is 0 Å². The molecule has 0 bridgehead atoms. The predicted octanol–water partition coefficient (Wildman–Crippen LogP) is 1.69. The monoisotopic (exact) mass is 334 g/mol. The third-order valence-corrected chi connectivity index (χ3v) is 5.09. The molecule has 0 aliphatic carbocycles. The highest BCUT2D eigenvalue weighted by molar-refractivity contribution is 7.91. The van der Waals surface area contributed by atoms with Gasteiger partial charge < -0.3 is 15.4 Å². The van der Waals surface area contributed by atoms with Crippen LogP contribution in [0.1, 0.15) is 0 Å². The summed E-state index contributed by atoms with van der Waals surface area (Å²) in [6.07, 6.45) is 0. The minimum Gasteiger partial charge on any atom is -0.495 e. The third kappa shape index (κ3) is 3.62. The molecule has 0 aromatic heterocycles.